The summed E-state index contributed by atoms with van der Waals surface area (Å²) >= 11 is 0. The lowest BCUT2D eigenvalue weighted by Crippen LogP contribution is -2.56. The molecule has 0 saturated carbocycles. The quantitative estimate of drug-likeness (QED) is 0.360. The second-order valence-corrected chi connectivity index (χ2v) is 7.67. The smallest absolute Gasteiger partial charge is 0.243 e. The largest absolute Gasteiger partial charge is 0.368 e. The van der Waals surface area contributed by atoms with Crippen LogP contribution in [0, 0.1) is 11.8 Å². The van der Waals surface area contributed by atoms with Crippen molar-refractivity contribution < 1.29 is 14.4 Å². The lowest BCUT2D eigenvalue weighted by atomic mass is 10.00. The third kappa shape index (κ3) is 8.21. The lowest BCUT2D eigenvalue weighted by Gasteiger charge is -2.25. The number of hydrogen-bond acceptors (Lipinski definition) is 5. The van der Waals surface area contributed by atoms with Gasteiger partial charge in [0.05, 0.1) is 12.4 Å². The SMILES string of the molecule is CC(C)C[C@H](NC(=O)[C@H](CC(C)C)NC(=O)[C@@H](N)Cc1cnc[nH]1)C(N)=O. The Morgan fingerprint density at radius 2 is 1.59 bits per heavy atom. The van der Waals surface area contributed by atoms with Gasteiger partial charge in [-0.25, -0.2) is 4.98 Å². The van der Waals surface area contributed by atoms with Crippen LogP contribution in [-0.2, 0) is 20.8 Å². The van der Waals surface area contributed by atoms with Gasteiger partial charge in [0.15, 0.2) is 0 Å². The van der Waals surface area contributed by atoms with Crippen molar-refractivity contribution in [1.29, 1.82) is 0 Å². The van der Waals surface area contributed by atoms with E-state index in [9.17, 15) is 14.4 Å². The lowest BCUT2D eigenvalue weighted by molar-refractivity contribution is -0.132. The molecule has 9 nitrogen and oxygen atoms in total. The van der Waals surface area contributed by atoms with Gasteiger partial charge in [0.1, 0.15) is 12.1 Å². The molecule has 3 amide bonds. The summed E-state index contributed by atoms with van der Waals surface area (Å²) in [7, 11) is 0. The van der Waals surface area contributed by atoms with Crippen LogP contribution in [-0.4, -0.2) is 45.8 Å². The van der Waals surface area contributed by atoms with E-state index in [2.05, 4.69) is 20.6 Å². The monoisotopic (exact) mass is 380 g/mol. The van der Waals surface area contributed by atoms with Gasteiger partial charge in [-0.1, -0.05) is 27.7 Å². The van der Waals surface area contributed by atoms with Gasteiger partial charge in [-0.05, 0) is 24.7 Å². The molecule has 0 radical (unpaired) electrons. The molecule has 1 rings (SSSR count). The van der Waals surface area contributed by atoms with E-state index in [1.165, 1.54) is 6.33 Å². The number of primary amides is 1. The molecule has 0 aliphatic carbocycles. The topological polar surface area (TPSA) is 156 Å². The number of rotatable bonds is 11. The first kappa shape index (κ1) is 22.6. The molecular weight excluding hydrogens is 348 g/mol. The maximum Gasteiger partial charge on any atom is 0.243 e. The van der Waals surface area contributed by atoms with Crippen molar-refractivity contribution in [1.82, 2.24) is 20.6 Å². The van der Waals surface area contributed by atoms with E-state index in [-0.39, 0.29) is 18.3 Å². The molecule has 0 unspecified atom stereocenters. The zero-order valence-electron chi connectivity index (χ0n) is 16.5. The highest BCUT2D eigenvalue weighted by Gasteiger charge is 2.28. The molecular formula is C18H32N6O3. The Kier molecular flexibility index (Phi) is 8.93. The van der Waals surface area contributed by atoms with E-state index in [0.717, 1.165) is 5.69 Å². The molecule has 0 bridgehead atoms. The fourth-order valence-electron chi connectivity index (χ4n) is 2.70. The number of aromatic nitrogens is 2. The third-order valence-corrected chi connectivity index (χ3v) is 4.04. The summed E-state index contributed by atoms with van der Waals surface area (Å²) in [6.07, 6.45) is 4.23. The highest BCUT2D eigenvalue weighted by atomic mass is 16.2. The van der Waals surface area contributed by atoms with E-state index < -0.39 is 35.8 Å². The van der Waals surface area contributed by atoms with Gasteiger partial charge in [0.2, 0.25) is 17.7 Å². The van der Waals surface area contributed by atoms with Gasteiger partial charge in [0, 0.05) is 18.3 Å². The molecule has 9 heteroatoms. The highest BCUT2D eigenvalue weighted by molar-refractivity contribution is 5.92. The first-order chi connectivity index (χ1) is 12.6. The van der Waals surface area contributed by atoms with Crippen molar-refractivity contribution in [2.75, 3.05) is 0 Å². The minimum absolute atomic E-state index is 0.155. The second-order valence-electron chi connectivity index (χ2n) is 7.67. The normalized spacial score (nSPS) is 14.6. The van der Waals surface area contributed by atoms with Gasteiger partial charge in [0.25, 0.3) is 0 Å². The number of imidazole rings is 1. The van der Waals surface area contributed by atoms with Crippen LogP contribution in [0.3, 0.4) is 0 Å². The fraction of sp³-hybridized carbons (Fsp3) is 0.667. The first-order valence-electron chi connectivity index (χ1n) is 9.23. The molecule has 152 valence electrons. The van der Waals surface area contributed by atoms with Crippen molar-refractivity contribution in [3.05, 3.63) is 18.2 Å². The number of carbonyl (C=O) groups is 3. The molecule has 1 heterocycles. The van der Waals surface area contributed by atoms with Crippen LogP contribution in [0.15, 0.2) is 12.5 Å². The molecule has 0 spiro atoms. The summed E-state index contributed by atoms with van der Waals surface area (Å²) < 4.78 is 0. The van der Waals surface area contributed by atoms with Crippen LogP contribution in [0.2, 0.25) is 0 Å². The number of nitrogens with one attached hydrogen (secondary N) is 3. The third-order valence-electron chi connectivity index (χ3n) is 4.04. The standard InChI is InChI=1S/C18H32N6O3/c1-10(2)5-14(16(20)25)23-18(27)15(6-11(3)4)24-17(26)13(19)7-12-8-21-9-22-12/h8-11,13-15H,5-7,19H2,1-4H3,(H2,20,25)(H,21,22)(H,23,27)(H,24,26)/t13-,14-,15-/m0/s1. The Labute approximate surface area is 160 Å². The number of carbonyl (C=O) groups excluding carboxylic acids is 3. The first-order valence-corrected chi connectivity index (χ1v) is 9.23. The fourth-order valence-corrected chi connectivity index (χ4v) is 2.70. The summed E-state index contributed by atoms with van der Waals surface area (Å²) in [5.74, 6) is -1.13. The van der Waals surface area contributed by atoms with Gasteiger partial charge < -0.3 is 27.1 Å². The molecule has 1 aromatic rings. The van der Waals surface area contributed by atoms with Crippen molar-refractivity contribution in [2.45, 2.75) is 65.1 Å². The molecule has 3 atom stereocenters. The molecule has 0 saturated heterocycles. The Morgan fingerprint density at radius 1 is 1.04 bits per heavy atom. The molecule has 1 aromatic heterocycles. The average Bonchev–Trinajstić information content (AvgIpc) is 3.05. The Balaban J connectivity index is 2.76. The highest BCUT2D eigenvalue weighted by Crippen LogP contribution is 2.09. The summed E-state index contributed by atoms with van der Waals surface area (Å²) in [4.78, 5) is 43.5. The number of aromatic amines is 1. The zero-order valence-corrected chi connectivity index (χ0v) is 16.5. The van der Waals surface area contributed by atoms with E-state index in [1.807, 2.05) is 27.7 Å². The minimum atomic E-state index is -0.824. The van der Waals surface area contributed by atoms with Gasteiger partial charge in [-0.2, -0.15) is 0 Å². The van der Waals surface area contributed by atoms with Crippen LogP contribution < -0.4 is 22.1 Å². The van der Waals surface area contributed by atoms with Crippen molar-refractivity contribution in [2.24, 2.45) is 23.3 Å². The summed E-state index contributed by atoms with van der Waals surface area (Å²) in [6.45, 7) is 7.75. The molecule has 0 aromatic carbocycles. The van der Waals surface area contributed by atoms with Crippen molar-refractivity contribution in [3.8, 4) is 0 Å². The van der Waals surface area contributed by atoms with Crippen molar-refractivity contribution >= 4 is 17.7 Å². The number of amides is 3. The number of nitrogens with zero attached hydrogens (tertiary/aromatic N) is 1. The average molecular weight is 380 g/mol. The Morgan fingerprint density at radius 3 is 2.07 bits per heavy atom. The Bertz CT molecular complexity index is 615. The summed E-state index contributed by atoms with van der Waals surface area (Å²) in [5, 5.41) is 5.35. The van der Waals surface area contributed by atoms with E-state index in [0.29, 0.717) is 12.8 Å². The number of H-pyrrole nitrogens is 1. The zero-order chi connectivity index (χ0) is 20.6. The predicted octanol–water partition coefficient (Wildman–Crippen LogP) is -0.173. The minimum Gasteiger partial charge on any atom is -0.368 e. The van der Waals surface area contributed by atoms with Crippen molar-refractivity contribution in [3.63, 3.8) is 0 Å². The number of nitrogens with two attached hydrogens (primary N) is 2. The van der Waals surface area contributed by atoms with Gasteiger partial charge >= 0.3 is 0 Å². The van der Waals surface area contributed by atoms with Crippen LogP contribution in [0.4, 0.5) is 0 Å². The van der Waals surface area contributed by atoms with Gasteiger partial charge in [-0.15, -0.1) is 0 Å². The molecule has 0 aliphatic heterocycles. The number of hydrogen-bond donors (Lipinski definition) is 5. The molecule has 0 aliphatic rings. The van der Waals surface area contributed by atoms with Crippen LogP contribution >= 0.6 is 0 Å². The molecule has 7 N–H and O–H groups in total. The Hall–Kier alpha value is -2.42. The summed E-state index contributed by atoms with van der Waals surface area (Å²) in [5.41, 5.74) is 12.1. The maximum absolute atomic E-state index is 12.7. The van der Waals surface area contributed by atoms with Crippen LogP contribution in [0.25, 0.3) is 0 Å². The van der Waals surface area contributed by atoms with Gasteiger partial charge in [-0.3, -0.25) is 14.4 Å². The van der Waals surface area contributed by atoms with E-state index in [4.69, 9.17) is 11.5 Å². The van der Waals surface area contributed by atoms with E-state index in [1.54, 1.807) is 6.20 Å². The summed E-state index contributed by atoms with van der Waals surface area (Å²) in [6, 6.07) is -2.39. The van der Waals surface area contributed by atoms with Crippen LogP contribution in [0.5, 0.6) is 0 Å². The van der Waals surface area contributed by atoms with E-state index >= 15 is 0 Å². The molecule has 27 heavy (non-hydrogen) atoms. The maximum atomic E-state index is 12.7. The predicted molar refractivity (Wildman–Crippen MR) is 102 cm³/mol. The molecule has 0 fully saturated rings. The van der Waals surface area contributed by atoms with Crippen LogP contribution in [0.1, 0.15) is 46.2 Å². The second kappa shape index (κ2) is 10.7.